The Kier molecular flexibility index (Phi) is 2.38. The summed E-state index contributed by atoms with van der Waals surface area (Å²) in [6, 6.07) is 12.4. The molecule has 0 spiro atoms. The lowest BCUT2D eigenvalue weighted by atomic mass is 10.1. The molecule has 3 rings (SSSR count). The second kappa shape index (κ2) is 3.92. The Bertz CT molecular complexity index is 786. The van der Waals surface area contributed by atoms with Gasteiger partial charge in [0.05, 0.1) is 10.4 Å². The normalized spacial score (nSPS) is 10.9. The van der Waals surface area contributed by atoms with Crippen LogP contribution in [0.2, 0.25) is 5.02 Å². The third kappa shape index (κ3) is 1.67. The van der Waals surface area contributed by atoms with Crippen molar-refractivity contribution in [2.75, 3.05) is 0 Å². The first-order valence-corrected chi connectivity index (χ1v) is 5.66. The lowest BCUT2D eigenvalue weighted by Gasteiger charge is -2.03. The highest BCUT2D eigenvalue weighted by atomic mass is 35.5. The monoisotopic (exact) mass is 258 g/mol. The van der Waals surface area contributed by atoms with Crippen molar-refractivity contribution in [3.63, 3.8) is 0 Å². The summed E-state index contributed by atoms with van der Waals surface area (Å²) < 4.78 is 0. The summed E-state index contributed by atoms with van der Waals surface area (Å²) in [6.07, 6.45) is 0. The number of hydrogen-bond acceptors (Lipinski definition) is 3. The number of benzene rings is 2. The molecular weight excluding hydrogens is 252 g/mol. The van der Waals surface area contributed by atoms with Crippen LogP contribution >= 0.6 is 11.6 Å². The topological polar surface area (TPSA) is 56.0 Å². The standard InChI is InChI=1S/C13H7ClN2O2/c14-10-6-9-5-8-3-1-2-4-11(8)15-13(9)12(7-10)16(17)18/h1-7H. The van der Waals surface area contributed by atoms with E-state index in [1.165, 1.54) is 6.07 Å². The van der Waals surface area contributed by atoms with Gasteiger partial charge >= 0.3 is 0 Å². The van der Waals surface area contributed by atoms with Crippen LogP contribution in [0.1, 0.15) is 0 Å². The zero-order valence-electron chi connectivity index (χ0n) is 9.13. The number of nitro benzene ring substituents is 1. The second-order valence-corrected chi connectivity index (χ2v) is 4.37. The van der Waals surface area contributed by atoms with Crippen LogP contribution in [0.3, 0.4) is 0 Å². The molecule has 0 radical (unpaired) electrons. The van der Waals surface area contributed by atoms with Gasteiger partial charge in [0, 0.05) is 21.9 Å². The largest absolute Gasteiger partial charge is 0.296 e. The minimum atomic E-state index is -0.462. The van der Waals surface area contributed by atoms with Gasteiger partial charge in [-0.3, -0.25) is 10.1 Å². The maximum Gasteiger partial charge on any atom is 0.296 e. The smallest absolute Gasteiger partial charge is 0.258 e. The van der Waals surface area contributed by atoms with Crippen LogP contribution in [-0.2, 0) is 0 Å². The van der Waals surface area contributed by atoms with E-state index < -0.39 is 4.92 Å². The molecule has 0 saturated carbocycles. The number of pyridine rings is 1. The van der Waals surface area contributed by atoms with Crippen molar-refractivity contribution in [2.24, 2.45) is 0 Å². The minimum Gasteiger partial charge on any atom is -0.258 e. The molecule has 0 aliphatic rings. The molecule has 5 heteroatoms. The van der Waals surface area contributed by atoms with Crippen LogP contribution in [0.5, 0.6) is 0 Å². The van der Waals surface area contributed by atoms with Crippen molar-refractivity contribution in [3.8, 4) is 0 Å². The maximum atomic E-state index is 11.0. The van der Waals surface area contributed by atoms with E-state index in [9.17, 15) is 10.1 Å². The van der Waals surface area contributed by atoms with Crippen LogP contribution in [-0.4, -0.2) is 9.91 Å². The predicted molar refractivity (Wildman–Crippen MR) is 70.9 cm³/mol. The van der Waals surface area contributed by atoms with Gasteiger partial charge < -0.3 is 0 Å². The molecule has 0 aliphatic carbocycles. The molecule has 0 bridgehead atoms. The van der Waals surface area contributed by atoms with Crippen LogP contribution in [0, 0.1) is 10.1 Å². The number of fused-ring (bicyclic) bond motifs is 2. The number of rotatable bonds is 1. The highest BCUT2D eigenvalue weighted by molar-refractivity contribution is 6.31. The highest BCUT2D eigenvalue weighted by Crippen LogP contribution is 2.30. The van der Waals surface area contributed by atoms with Crippen molar-refractivity contribution in [1.82, 2.24) is 4.98 Å². The molecule has 2 aromatic carbocycles. The van der Waals surface area contributed by atoms with Gasteiger partial charge in [-0.1, -0.05) is 29.8 Å². The van der Waals surface area contributed by atoms with E-state index in [2.05, 4.69) is 4.98 Å². The molecular formula is C13H7ClN2O2. The first-order chi connectivity index (χ1) is 8.65. The summed E-state index contributed by atoms with van der Waals surface area (Å²) in [5.74, 6) is 0. The zero-order chi connectivity index (χ0) is 12.7. The van der Waals surface area contributed by atoms with Crippen molar-refractivity contribution >= 4 is 39.1 Å². The van der Waals surface area contributed by atoms with Crippen molar-refractivity contribution in [2.45, 2.75) is 0 Å². The molecule has 0 atom stereocenters. The van der Waals surface area contributed by atoms with E-state index in [0.29, 0.717) is 15.9 Å². The highest BCUT2D eigenvalue weighted by Gasteiger charge is 2.15. The molecule has 1 aromatic heterocycles. The average Bonchev–Trinajstić information content (AvgIpc) is 2.35. The Morgan fingerprint density at radius 3 is 2.67 bits per heavy atom. The molecule has 18 heavy (non-hydrogen) atoms. The predicted octanol–water partition coefficient (Wildman–Crippen LogP) is 3.95. The Morgan fingerprint density at radius 2 is 1.89 bits per heavy atom. The van der Waals surface area contributed by atoms with Crippen LogP contribution in [0.15, 0.2) is 42.5 Å². The molecule has 0 saturated heterocycles. The van der Waals surface area contributed by atoms with E-state index in [0.717, 1.165) is 10.9 Å². The number of halogens is 1. The molecule has 4 nitrogen and oxygen atoms in total. The van der Waals surface area contributed by atoms with E-state index in [1.54, 1.807) is 6.07 Å². The van der Waals surface area contributed by atoms with E-state index in [-0.39, 0.29) is 5.69 Å². The fraction of sp³-hybridized carbons (Fsp3) is 0. The van der Waals surface area contributed by atoms with Gasteiger partial charge in [0.1, 0.15) is 5.52 Å². The van der Waals surface area contributed by atoms with Gasteiger partial charge in [0.25, 0.3) is 5.69 Å². The third-order valence-corrected chi connectivity index (χ3v) is 2.98. The summed E-state index contributed by atoms with van der Waals surface area (Å²) >= 11 is 5.89. The number of nitro groups is 1. The molecule has 88 valence electrons. The number of aromatic nitrogens is 1. The molecule has 0 N–H and O–H groups in total. The Hall–Kier alpha value is -2.20. The lowest BCUT2D eigenvalue weighted by Crippen LogP contribution is -1.92. The lowest BCUT2D eigenvalue weighted by molar-refractivity contribution is -0.383. The average molecular weight is 259 g/mol. The SMILES string of the molecule is O=[N+]([O-])c1cc(Cl)cc2cc3ccccc3nc12. The van der Waals surface area contributed by atoms with E-state index in [4.69, 9.17) is 11.6 Å². The van der Waals surface area contributed by atoms with Crippen LogP contribution in [0.25, 0.3) is 21.8 Å². The molecule has 3 aromatic rings. The molecule has 0 fully saturated rings. The summed E-state index contributed by atoms with van der Waals surface area (Å²) in [7, 11) is 0. The minimum absolute atomic E-state index is 0.0664. The zero-order valence-corrected chi connectivity index (χ0v) is 9.89. The third-order valence-electron chi connectivity index (χ3n) is 2.76. The van der Waals surface area contributed by atoms with E-state index in [1.807, 2.05) is 30.3 Å². The van der Waals surface area contributed by atoms with Gasteiger partial charge in [-0.25, -0.2) is 4.98 Å². The number of nitrogens with zero attached hydrogens (tertiary/aromatic N) is 2. The molecule has 0 amide bonds. The van der Waals surface area contributed by atoms with Gasteiger partial charge in [-0.2, -0.15) is 0 Å². The summed E-state index contributed by atoms with van der Waals surface area (Å²) in [5.41, 5.74) is 1.03. The quantitative estimate of drug-likeness (QED) is 0.377. The number of hydrogen-bond donors (Lipinski definition) is 0. The van der Waals surface area contributed by atoms with Crippen LogP contribution < -0.4 is 0 Å². The van der Waals surface area contributed by atoms with Crippen molar-refractivity contribution in [3.05, 3.63) is 57.6 Å². The van der Waals surface area contributed by atoms with Crippen molar-refractivity contribution < 1.29 is 4.92 Å². The summed E-state index contributed by atoms with van der Waals surface area (Å²) in [4.78, 5) is 14.9. The first kappa shape index (κ1) is 10.9. The fourth-order valence-corrected chi connectivity index (χ4v) is 2.20. The first-order valence-electron chi connectivity index (χ1n) is 5.28. The van der Waals surface area contributed by atoms with Gasteiger partial charge in [-0.05, 0) is 18.2 Å². The van der Waals surface area contributed by atoms with E-state index >= 15 is 0 Å². The summed E-state index contributed by atoms with van der Waals surface area (Å²) in [5, 5.41) is 13.0. The van der Waals surface area contributed by atoms with Crippen LogP contribution in [0.4, 0.5) is 5.69 Å². The maximum absolute atomic E-state index is 11.0. The van der Waals surface area contributed by atoms with Crippen molar-refractivity contribution in [1.29, 1.82) is 0 Å². The number of para-hydroxylation sites is 1. The molecule has 0 unspecified atom stereocenters. The second-order valence-electron chi connectivity index (χ2n) is 3.93. The Labute approximate surface area is 107 Å². The fourth-order valence-electron chi connectivity index (χ4n) is 1.98. The van der Waals surface area contributed by atoms with Gasteiger partial charge in [-0.15, -0.1) is 0 Å². The number of non-ortho nitro benzene ring substituents is 1. The van der Waals surface area contributed by atoms with Gasteiger partial charge in [0.15, 0.2) is 0 Å². The van der Waals surface area contributed by atoms with Gasteiger partial charge in [0.2, 0.25) is 0 Å². The Morgan fingerprint density at radius 1 is 1.11 bits per heavy atom. The summed E-state index contributed by atoms with van der Waals surface area (Å²) in [6.45, 7) is 0. The molecule has 1 heterocycles. The Balaban J connectivity index is 2.49. The molecule has 0 aliphatic heterocycles.